The predicted octanol–water partition coefficient (Wildman–Crippen LogP) is 2.47. The van der Waals surface area contributed by atoms with Gasteiger partial charge >= 0.3 is 6.03 Å². The van der Waals surface area contributed by atoms with Gasteiger partial charge in [0.25, 0.3) is 0 Å². The number of nitrogens with zero attached hydrogens (tertiary/aromatic N) is 1. The van der Waals surface area contributed by atoms with Crippen LogP contribution in [0.5, 0.6) is 0 Å². The van der Waals surface area contributed by atoms with E-state index in [4.69, 9.17) is 4.74 Å². The summed E-state index contributed by atoms with van der Waals surface area (Å²) < 4.78 is 19.0. The number of hydrogen-bond acceptors (Lipinski definition) is 2. The van der Waals surface area contributed by atoms with Crippen LogP contribution in [0.2, 0.25) is 0 Å². The minimum Gasteiger partial charge on any atom is -0.372 e. The summed E-state index contributed by atoms with van der Waals surface area (Å²) in [5.74, 6) is -0.430. The number of anilines is 1. The largest absolute Gasteiger partial charge is 0.372 e. The van der Waals surface area contributed by atoms with Gasteiger partial charge in [0, 0.05) is 13.1 Å². The fraction of sp³-hybridized carbons (Fsp3) is 0.462. The summed E-state index contributed by atoms with van der Waals surface area (Å²) in [5, 5.41) is 2.58. The summed E-state index contributed by atoms with van der Waals surface area (Å²) in [5.41, 5.74) is 0.203. The second-order valence-electron chi connectivity index (χ2n) is 4.57. The number of nitrogens with one attached hydrogen (secondary N) is 1. The molecular formula is C13H17FN2O2. The van der Waals surface area contributed by atoms with Crippen LogP contribution < -0.4 is 5.32 Å². The Bertz CT molecular complexity index is 429. The molecule has 0 aromatic heterocycles. The number of para-hydroxylation sites is 1. The zero-order chi connectivity index (χ0) is 13.1. The van der Waals surface area contributed by atoms with E-state index in [9.17, 15) is 9.18 Å². The van der Waals surface area contributed by atoms with Gasteiger partial charge in [-0.15, -0.1) is 0 Å². The molecule has 1 aliphatic rings. The summed E-state index contributed by atoms with van der Waals surface area (Å²) in [6, 6.07) is 5.84. The summed E-state index contributed by atoms with van der Waals surface area (Å²) in [4.78, 5) is 13.6. The lowest BCUT2D eigenvalue weighted by molar-refractivity contribution is -0.0530. The zero-order valence-electron chi connectivity index (χ0n) is 10.5. The zero-order valence-corrected chi connectivity index (χ0v) is 10.5. The lowest BCUT2D eigenvalue weighted by Gasteiger charge is -2.35. The Kier molecular flexibility index (Phi) is 3.81. The van der Waals surface area contributed by atoms with Crippen LogP contribution in [-0.4, -0.2) is 36.2 Å². The van der Waals surface area contributed by atoms with Gasteiger partial charge in [0.2, 0.25) is 0 Å². The van der Waals surface area contributed by atoms with Crippen molar-refractivity contribution in [1.82, 2.24) is 4.90 Å². The molecule has 4 nitrogen and oxygen atoms in total. The van der Waals surface area contributed by atoms with E-state index >= 15 is 0 Å². The van der Waals surface area contributed by atoms with Crippen LogP contribution in [0.25, 0.3) is 0 Å². The van der Waals surface area contributed by atoms with E-state index in [1.807, 2.05) is 13.8 Å². The molecule has 1 aromatic carbocycles. The van der Waals surface area contributed by atoms with Crippen molar-refractivity contribution in [3.05, 3.63) is 30.1 Å². The van der Waals surface area contributed by atoms with Crippen molar-refractivity contribution in [2.24, 2.45) is 0 Å². The van der Waals surface area contributed by atoms with Crippen molar-refractivity contribution in [3.63, 3.8) is 0 Å². The Morgan fingerprint density at radius 1 is 1.33 bits per heavy atom. The van der Waals surface area contributed by atoms with Crippen LogP contribution in [-0.2, 0) is 4.74 Å². The number of hydrogen-bond donors (Lipinski definition) is 1. The molecule has 2 unspecified atom stereocenters. The number of amides is 2. The number of ether oxygens (including phenoxy) is 1. The molecule has 1 fully saturated rings. The molecule has 2 amide bonds. The van der Waals surface area contributed by atoms with Crippen LogP contribution in [0.1, 0.15) is 13.8 Å². The van der Waals surface area contributed by atoms with E-state index in [1.165, 1.54) is 6.07 Å². The number of urea groups is 1. The van der Waals surface area contributed by atoms with Crippen molar-refractivity contribution in [3.8, 4) is 0 Å². The molecule has 18 heavy (non-hydrogen) atoms. The maximum absolute atomic E-state index is 13.4. The molecule has 0 aliphatic carbocycles. The molecule has 1 saturated heterocycles. The van der Waals surface area contributed by atoms with Crippen LogP contribution in [0.15, 0.2) is 24.3 Å². The summed E-state index contributed by atoms with van der Waals surface area (Å²) in [6.45, 7) is 4.87. The van der Waals surface area contributed by atoms with Gasteiger partial charge in [0.05, 0.1) is 17.9 Å². The third kappa shape index (κ3) is 2.98. The Labute approximate surface area is 106 Å². The van der Waals surface area contributed by atoms with E-state index < -0.39 is 5.82 Å². The van der Waals surface area contributed by atoms with Gasteiger partial charge in [-0.2, -0.15) is 0 Å². The van der Waals surface area contributed by atoms with Gasteiger partial charge in [-0.25, -0.2) is 9.18 Å². The molecule has 1 aromatic rings. The first-order valence-electron chi connectivity index (χ1n) is 6.02. The highest BCUT2D eigenvalue weighted by atomic mass is 19.1. The van der Waals surface area contributed by atoms with Gasteiger partial charge < -0.3 is 15.0 Å². The third-order valence-corrected chi connectivity index (χ3v) is 2.82. The van der Waals surface area contributed by atoms with Crippen molar-refractivity contribution >= 4 is 11.7 Å². The van der Waals surface area contributed by atoms with Gasteiger partial charge in [0.15, 0.2) is 0 Å². The lowest BCUT2D eigenvalue weighted by Crippen LogP contribution is -2.49. The van der Waals surface area contributed by atoms with Gasteiger partial charge in [0.1, 0.15) is 5.82 Å². The third-order valence-electron chi connectivity index (χ3n) is 2.82. The highest BCUT2D eigenvalue weighted by Gasteiger charge is 2.26. The molecule has 2 rings (SSSR count). The van der Waals surface area contributed by atoms with E-state index in [0.717, 1.165) is 0 Å². The summed E-state index contributed by atoms with van der Waals surface area (Å²) >= 11 is 0. The molecular weight excluding hydrogens is 235 g/mol. The second kappa shape index (κ2) is 5.35. The molecule has 0 bridgehead atoms. The fourth-order valence-corrected chi connectivity index (χ4v) is 2.10. The Morgan fingerprint density at radius 2 is 1.94 bits per heavy atom. The normalized spacial score (nSPS) is 23.8. The highest BCUT2D eigenvalue weighted by Crippen LogP contribution is 2.15. The molecule has 0 spiro atoms. The maximum Gasteiger partial charge on any atom is 0.322 e. The SMILES string of the molecule is CC1CN(C(=O)Nc2ccccc2F)CC(C)O1. The summed E-state index contributed by atoms with van der Waals surface area (Å²) in [6.07, 6.45) is 0.000223. The monoisotopic (exact) mass is 252 g/mol. The number of morpholine rings is 1. The van der Waals surface area contributed by atoms with E-state index in [0.29, 0.717) is 13.1 Å². The highest BCUT2D eigenvalue weighted by molar-refractivity contribution is 5.89. The number of carbonyl (C=O) groups is 1. The molecule has 1 heterocycles. The number of halogens is 1. The van der Waals surface area contributed by atoms with Gasteiger partial charge in [-0.05, 0) is 26.0 Å². The van der Waals surface area contributed by atoms with Crippen molar-refractivity contribution in [2.75, 3.05) is 18.4 Å². The topological polar surface area (TPSA) is 41.6 Å². The summed E-state index contributed by atoms with van der Waals surface area (Å²) in [7, 11) is 0. The second-order valence-corrected chi connectivity index (χ2v) is 4.57. The average Bonchev–Trinajstić information content (AvgIpc) is 2.31. The number of carbonyl (C=O) groups excluding carboxylic acids is 1. The van der Waals surface area contributed by atoms with E-state index in [1.54, 1.807) is 23.1 Å². The molecule has 5 heteroatoms. The van der Waals surface area contributed by atoms with E-state index in [-0.39, 0.29) is 23.9 Å². The van der Waals surface area contributed by atoms with Crippen molar-refractivity contribution in [2.45, 2.75) is 26.1 Å². The Hall–Kier alpha value is -1.62. The molecule has 0 radical (unpaired) electrons. The molecule has 0 saturated carbocycles. The van der Waals surface area contributed by atoms with Crippen LogP contribution in [0.4, 0.5) is 14.9 Å². The molecule has 1 aliphatic heterocycles. The Balaban J connectivity index is 2.02. The lowest BCUT2D eigenvalue weighted by atomic mass is 10.2. The average molecular weight is 252 g/mol. The quantitative estimate of drug-likeness (QED) is 0.834. The predicted molar refractivity (Wildman–Crippen MR) is 67.0 cm³/mol. The first-order chi connectivity index (χ1) is 8.56. The molecule has 98 valence electrons. The van der Waals surface area contributed by atoms with Crippen LogP contribution >= 0.6 is 0 Å². The molecule has 2 atom stereocenters. The Morgan fingerprint density at radius 3 is 2.56 bits per heavy atom. The number of benzene rings is 1. The number of rotatable bonds is 1. The standard InChI is InChI=1S/C13H17FN2O2/c1-9-7-16(8-10(2)18-9)13(17)15-12-6-4-3-5-11(12)14/h3-6,9-10H,7-8H2,1-2H3,(H,15,17). The van der Waals surface area contributed by atoms with Crippen molar-refractivity contribution in [1.29, 1.82) is 0 Å². The maximum atomic E-state index is 13.4. The van der Waals surface area contributed by atoms with Gasteiger partial charge in [-0.1, -0.05) is 12.1 Å². The van der Waals surface area contributed by atoms with Gasteiger partial charge in [-0.3, -0.25) is 0 Å². The van der Waals surface area contributed by atoms with Crippen LogP contribution in [0.3, 0.4) is 0 Å². The molecule has 1 N–H and O–H groups in total. The smallest absolute Gasteiger partial charge is 0.322 e. The van der Waals surface area contributed by atoms with Crippen LogP contribution in [0, 0.1) is 5.82 Å². The minimum absolute atomic E-state index is 0.000111. The first kappa shape index (κ1) is 12.8. The van der Waals surface area contributed by atoms with Crippen molar-refractivity contribution < 1.29 is 13.9 Å². The van der Waals surface area contributed by atoms with E-state index in [2.05, 4.69) is 5.32 Å². The minimum atomic E-state index is -0.430. The fourth-order valence-electron chi connectivity index (χ4n) is 2.10. The first-order valence-corrected chi connectivity index (χ1v) is 6.02.